The van der Waals surface area contributed by atoms with Gasteiger partial charge in [0.1, 0.15) is 0 Å². The van der Waals surface area contributed by atoms with E-state index in [1.165, 1.54) is 44.9 Å². The maximum absolute atomic E-state index is 5.91. The Labute approximate surface area is 135 Å². The first-order chi connectivity index (χ1) is 8.72. The van der Waals surface area contributed by atoms with E-state index >= 15 is 0 Å². The molecule has 0 aromatic carbocycles. The fourth-order valence-electron chi connectivity index (χ4n) is 2.38. The highest BCUT2D eigenvalue weighted by atomic mass is 127. The minimum atomic E-state index is 0. The van der Waals surface area contributed by atoms with E-state index in [0.717, 1.165) is 19.6 Å². The van der Waals surface area contributed by atoms with Crippen LogP contribution >= 0.6 is 24.0 Å². The van der Waals surface area contributed by atoms with Crippen LogP contribution in [0.1, 0.15) is 51.9 Å². The van der Waals surface area contributed by atoms with E-state index in [1.54, 1.807) is 0 Å². The van der Waals surface area contributed by atoms with Gasteiger partial charge in [-0.05, 0) is 32.9 Å². The predicted octanol–water partition coefficient (Wildman–Crippen LogP) is 2.57. The van der Waals surface area contributed by atoms with Crippen molar-refractivity contribution < 1.29 is 0 Å². The summed E-state index contributed by atoms with van der Waals surface area (Å²) in [5, 5.41) is 3.34. The molecule has 0 radical (unpaired) electrons. The van der Waals surface area contributed by atoms with Crippen molar-refractivity contribution in [2.45, 2.75) is 57.9 Å². The number of rotatable bonds is 7. The first-order valence-corrected chi connectivity index (χ1v) is 7.47. The van der Waals surface area contributed by atoms with Crippen molar-refractivity contribution in [3.8, 4) is 0 Å². The van der Waals surface area contributed by atoms with Gasteiger partial charge in [-0.25, -0.2) is 0 Å². The van der Waals surface area contributed by atoms with E-state index in [4.69, 9.17) is 5.73 Å². The van der Waals surface area contributed by atoms with Crippen LogP contribution in [0.15, 0.2) is 4.99 Å². The molecule has 0 aromatic heterocycles. The number of aliphatic imine (C=N–C) groups is 1. The quantitative estimate of drug-likeness (QED) is 0.404. The van der Waals surface area contributed by atoms with Crippen LogP contribution in [-0.4, -0.2) is 43.6 Å². The van der Waals surface area contributed by atoms with Crippen LogP contribution in [-0.2, 0) is 0 Å². The number of nitrogens with two attached hydrogens (primary N) is 1. The number of nitrogens with zero attached hydrogens (tertiary/aromatic N) is 2. The molecule has 4 nitrogen and oxygen atoms in total. The Morgan fingerprint density at radius 3 is 2.58 bits per heavy atom. The van der Waals surface area contributed by atoms with Gasteiger partial charge in [0.15, 0.2) is 5.96 Å². The van der Waals surface area contributed by atoms with Gasteiger partial charge < -0.3 is 16.0 Å². The fourth-order valence-corrected chi connectivity index (χ4v) is 2.38. The summed E-state index contributed by atoms with van der Waals surface area (Å²) >= 11 is 0. The molecular formula is C14H31IN4. The molecule has 3 N–H and O–H groups in total. The summed E-state index contributed by atoms with van der Waals surface area (Å²) in [5.41, 5.74) is 5.91. The second kappa shape index (κ2) is 11.8. The summed E-state index contributed by atoms with van der Waals surface area (Å²) in [6.07, 6.45) is 9.01. The summed E-state index contributed by atoms with van der Waals surface area (Å²) in [6.45, 7) is 5.17. The standard InChI is InChI=1S/C14H30N4.HI/c1-3-4-11-18(2)12-10-16-14(15)17-13-8-6-5-7-9-13;/h13H,3-12H2,1-2H3,(H3,15,16,17);1H. The fraction of sp³-hybridized carbons (Fsp3) is 0.929. The molecule has 0 heterocycles. The van der Waals surface area contributed by atoms with E-state index in [9.17, 15) is 0 Å². The SMILES string of the molecule is CCCCN(C)CCN=C(N)NC1CCCCC1.I. The van der Waals surface area contributed by atoms with Crippen molar-refractivity contribution in [3.63, 3.8) is 0 Å². The zero-order valence-corrected chi connectivity index (χ0v) is 14.9. The van der Waals surface area contributed by atoms with Gasteiger partial charge in [-0.1, -0.05) is 32.6 Å². The Balaban J connectivity index is 0.00000324. The molecule has 0 atom stereocenters. The summed E-state index contributed by atoms with van der Waals surface area (Å²) in [4.78, 5) is 6.73. The van der Waals surface area contributed by atoms with Crippen molar-refractivity contribution in [2.24, 2.45) is 10.7 Å². The lowest BCUT2D eigenvalue weighted by Crippen LogP contribution is -2.41. The molecule has 1 saturated carbocycles. The minimum absolute atomic E-state index is 0. The van der Waals surface area contributed by atoms with Crippen LogP contribution in [0.3, 0.4) is 0 Å². The van der Waals surface area contributed by atoms with E-state index in [0.29, 0.717) is 12.0 Å². The van der Waals surface area contributed by atoms with Gasteiger partial charge in [-0.2, -0.15) is 0 Å². The summed E-state index contributed by atoms with van der Waals surface area (Å²) < 4.78 is 0. The van der Waals surface area contributed by atoms with Gasteiger partial charge in [-0.15, -0.1) is 24.0 Å². The Morgan fingerprint density at radius 2 is 1.95 bits per heavy atom. The normalized spacial score (nSPS) is 17.3. The van der Waals surface area contributed by atoms with Crippen molar-refractivity contribution in [1.29, 1.82) is 0 Å². The number of halogens is 1. The molecular weight excluding hydrogens is 351 g/mol. The zero-order chi connectivity index (χ0) is 13.2. The summed E-state index contributed by atoms with van der Waals surface area (Å²) in [5.74, 6) is 0.630. The van der Waals surface area contributed by atoms with E-state index in [1.807, 2.05) is 0 Å². The van der Waals surface area contributed by atoms with Crippen LogP contribution in [0.2, 0.25) is 0 Å². The van der Waals surface area contributed by atoms with Crippen LogP contribution < -0.4 is 11.1 Å². The lowest BCUT2D eigenvalue weighted by atomic mass is 9.96. The van der Waals surface area contributed by atoms with E-state index in [2.05, 4.69) is 29.2 Å². The summed E-state index contributed by atoms with van der Waals surface area (Å²) in [6, 6.07) is 0.556. The smallest absolute Gasteiger partial charge is 0.188 e. The van der Waals surface area contributed by atoms with Gasteiger partial charge in [0.05, 0.1) is 6.54 Å². The third kappa shape index (κ3) is 9.49. The Kier molecular flexibility index (Phi) is 11.7. The van der Waals surface area contributed by atoms with Gasteiger partial charge in [-0.3, -0.25) is 4.99 Å². The van der Waals surface area contributed by atoms with Gasteiger partial charge in [0.25, 0.3) is 0 Å². The predicted molar refractivity (Wildman–Crippen MR) is 94.3 cm³/mol. The number of hydrogen-bond donors (Lipinski definition) is 2. The second-order valence-corrected chi connectivity index (χ2v) is 5.40. The molecule has 1 aliphatic carbocycles. The molecule has 1 rings (SSSR count). The van der Waals surface area contributed by atoms with Crippen LogP contribution in [0, 0.1) is 0 Å². The average Bonchev–Trinajstić information content (AvgIpc) is 2.37. The largest absolute Gasteiger partial charge is 0.370 e. The third-order valence-corrected chi connectivity index (χ3v) is 3.61. The number of nitrogens with one attached hydrogen (secondary N) is 1. The molecule has 114 valence electrons. The molecule has 0 aromatic rings. The Morgan fingerprint density at radius 1 is 1.26 bits per heavy atom. The van der Waals surface area contributed by atoms with Crippen LogP contribution in [0.5, 0.6) is 0 Å². The highest BCUT2D eigenvalue weighted by Crippen LogP contribution is 2.16. The third-order valence-electron chi connectivity index (χ3n) is 3.61. The molecule has 0 aliphatic heterocycles. The lowest BCUT2D eigenvalue weighted by Gasteiger charge is -2.23. The Hall–Kier alpha value is -0.0400. The molecule has 0 amide bonds. The number of likely N-dealkylation sites (N-methyl/N-ethyl adjacent to an activating group) is 1. The molecule has 0 saturated heterocycles. The molecule has 1 fully saturated rings. The first kappa shape index (κ1) is 19.0. The average molecular weight is 382 g/mol. The first-order valence-electron chi connectivity index (χ1n) is 7.47. The van der Waals surface area contributed by atoms with Gasteiger partial charge in [0, 0.05) is 12.6 Å². The number of hydrogen-bond acceptors (Lipinski definition) is 2. The van der Waals surface area contributed by atoms with Crippen LogP contribution in [0.4, 0.5) is 0 Å². The Bertz CT molecular complexity index is 240. The molecule has 5 heteroatoms. The molecule has 1 aliphatic rings. The molecule has 19 heavy (non-hydrogen) atoms. The number of guanidine groups is 1. The highest BCUT2D eigenvalue weighted by Gasteiger charge is 2.13. The van der Waals surface area contributed by atoms with E-state index in [-0.39, 0.29) is 24.0 Å². The molecule has 0 unspecified atom stereocenters. The van der Waals surface area contributed by atoms with E-state index < -0.39 is 0 Å². The maximum Gasteiger partial charge on any atom is 0.188 e. The van der Waals surface area contributed by atoms with Crippen LogP contribution in [0.25, 0.3) is 0 Å². The van der Waals surface area contributed by atoms with Gasteiger partial charge >= 0.3 is 0 Å². The van der Waals surface area contributed by atoms with Crippen molar-refractivity contribution in [2.75, 3.05) is 26.7 Å². The topological polar surface area (TPSA) is 53.6 Å². The van der Waals surface area contributed by atoms with Crippen molar-refractivity contribution >= 4 is 29.9 Å². The lowest BCUT2D eigenvalue weighted by molar-refractivity contribution is 0.337. The summed E-state index contributed by atoms with van der Waals surface area (Å²) in [7, 11) is 2.15. The monoisotopic (exact) mass is 382 g/mol. The second-order valence-electron chi connectivity index (χ2n) is 5.40. The highest BCUT2D eigenvalue weighted by molar-refractivity contribution is 14.0. The molecule has 0 spiro atoms. The van der Waals surface area contributed by atoms with Crippen molar-refractivity contribution in [3.05, 3.63) is 0 Å². The van der Waals surface area contributed by atoms with Gasteiger partial charge in [0.2, 0.25) is 0 Å². The molecule has 0 bridgehead atoms. The maximum atomic E-state index is 5.91. The zero-order valence-electron chi connectivity index (χ0n) is 12.5. The van der Waals surface area contributed by atoms with Crippen molar-refractivity contribution in [1.82, 2.24) is 10.2 Å². The minimum Gasteiger partial charge on any atom is -0.370 e. The number of unbranched alkanes of at least 4 members (excludes halogenated alkanes) is 1.